The minimum atomic E-state index is -1.20. The Hall–Kier alpha value is -3.96. The molecule has 0 saturated carbocycles. The first-order valence-corrected chi connectivity index (χ1v) is 17.0. The highest BCUT2D eigenvalue weighted by Crippen LogP contribution is 2.41. The van der Waals surface area contributed by atoms with Crippen molar-refractivity contribution in [3.8, 4) is 28.1 Å². The number of aryl methyl sites for hydroxylation is 2. The average molecular weight is 674 g/mol. The van der Waals surface area contributed by atoms with Crippen LogP contribution in [0.15, 0.2) is 48.7 Å². The summed E-state index contributed by atoms with van der Waals surface area (Å²) in [5.41, 5.74) is 6.19. The molecule has 0 radical (unpaired) electrons. The lowest BCUT2D eigenvalue weighted by Crippen LogP contribution is -2.46. The number of carboxylic acids is 1. The second-order valence-corrected chi connectivity index (χ2v) is 14.6. The van der Waals surface area contributed by atoms with E-state index in [4.69, 9.17) is 19.2 Å². The van der Waals surface area contributed by atoms with E-state index in [0.717, 1.165) is 63.4 Å². The van der Waals surface area contributed by atoms with Gasteiger partial charge in [0.15, 0.2) is 6.10 Å². The van der Waals surface area contributed by atoms with Gasteiger partial charge in [0.05, 0.1) is 42.8 Å². The van der Waals surface area contributed by atoms with Crippen molar-refractivity contribution in [2.45, 2.75) is 91.6 Å². The zero-order chi connectivity index (χ0) is 35.7. The molecule has 0 amide bonds. The Morgan fingerprint density at radius 1 is 1.02 bits per heavy atom. The van der Waals surface area contributed by atoms with Crippen molar-refractivity contribution in [3.63, 3.8) is 0 Å². The highest BCUT2D eigenvalue weighted by molar-refractivity contribution is 5.81. The number of fused-ring (bicyclic) bond motifs is 1. The number of aliphatic carboxylic acids is 1. The molecule has 0 bridgehead atoms. The summed E-state index contributed by atoms with van der Waals surface area (Å²) in [7, 11) is 0. The quantitative estimate of drug-likeness (QED) is 0.136. The zero-order valence-corrected chi connectivity index (χ0v) is 30.0. The third-order valence-electron chi connectivity index (χ3n) is 9.22. The number of anilines is 1. The van der Waals surface area contributed by atoms with E-state index in [-0.39, 0.29) is 18.0 Å². The average Bonchev–Trinajstić information content (AvgIpc) is 3.47. The molecule has 0 spiro atoms. The number of nitrogens with zero attached hydrogens (tertiary/aromatic N) is 3. The summed E-state index contributed by atoms with van der Waals surface area (Å²) in [5, 5.41) is 30.7. The molecule has 0 unspecified atom stereocenters. The van der Waals surface area contributed by atoms with Crippen LogP contribution in [0.3, 0.4) is 0 Å². The van der Waals surface area contributed by atoms with Crippen LogP contribution in [0.1, 0.15) is 75.8 Å². The van der Waals surface area contributed by atoms with Gasteiger partial charge in [-0.05, 0) is 103 Å². The van der Waals surface area contributed by atoms with E-state index in [1.54, 1.807) is 13.0 Å². The standard InChI is InChI=1S/C39H51N3O7/c1-24-12-13-30(32(44)20-24)28-10-9-11-29(21-28)31-22-42-35(40-31)27(4)26(3)33(34(37(45)46)49-38(5,6)7)36(42)41-16-14-39(8,15-17-41)48-19-18-47-23-25(2)43/h9-13,20-22,25,34,43-44H,14-19,23H2,1-8H3,(H,45,46)/t25-,34+/m1/s1. The van der Waals surface area contributed by atoms with Gasteiger partial charge in [0, 0.05) is 36.0 Å². The maximum absolute atomic E-state index is 12.9. The topological polar surface area (TPSA) is 126 Å². The molecule has 4 aromatic rings. The number of carbonyl (C=O) groups is 1. The number of aromatic nitrogens is 2. The van der Waals surface area contributed by atoms with Crippen LogP contribution in [-0.2, 0) is 19.0 Å². The Balaban J connectivity index is 1.57. The molecule has 264 valence electrons. The number of piperidine rings is 1. The van der Waals surface area contributed by atoms with Gasteiger partial charge in [0.2, 0.25) is 0 Å². The number of imidazole rings is 1. The number of aliphatic hydroxyl groups excluding tert-OH is 1. The van der Waals surface area contributed by atoms with Gasteiger partial charge in [0.1, 0.15) is 17.2 Å². The van der Waals surface area contributed by atoms with E-state index in [1.807, 2.05) is 88.5 Å². The Morgan fingerprint density at radius 2 is 1.71 bits per heavy atom. The molecule has 5 rings (SSSR count). The second-order valence-electron chi connectivity index (χ2n) is 14.6. The lowest BCUT2D eigenvalue weighted by atomic mass is 9.92. The van der Waals surface area contributed by atoms with Crippen LogP contribution < -0.4 is 4.90 Å². The summed E-state index contributed by atoms with van der Waals surface area (Å²) in [5.74, 6) is -0.0769. The monoisotopic (exact) mass is 673 g/mol. The summed E-state index contributed by atoms with van der Waals surface area (Å²) in [6, 6.07) is 13.6. The van der Waals surface area contributed by atoms with Crippen LogP contribution in [0.25, 0.3) is 28.0 Å². The molecule has 1 aliphatic rings. The number of benzene rings is 2. The summed E-state index contributed by atoms with van der Waals surface area (Å²) in [6.07, 6.45) is 1.70. The third kappa shape index (κ3) is 8.27. The molecule has 10 nitrogen and oxygen atoms in total. The molecule has 2 aromatic carbocycles. The first-order valence-electron chi connectivity index (χ1n) is 17.0. The molecule has 2 atom stereocenters. The summed E-state index contributed by atoms with van der Waals surface area (Å²) < 4.78 is 20.1. The van der Waals surface area contributed by atoms with Crippen molar-refractivity contribution in [1.82, 2.24) is 9.38 Å². The van der Waals surface area contributed by atoms with Gasteiger partial charge in [-0.2, -0.15) is 0 Å². The van der Waals surface area contributed by atoms with Crippen LogP contribution in [0.4, 0.5) is 5.82 Å². The van der Waals surface area contributed by atoms with Gasteiger partial charge < -0.3 is 34.4 Å². The normalized spacial score (nSPS) is 16.2. The number of hydrogen-bond acceptors (Lipinski definition) is 8. The zero-order valence-electron chi connectivity index (χ0n) is 30.0. The number of phenolic OH excluding ortho intramolecular Hbond substituents is 1. The predicted molar refractivity (Wildman–Crippen MR) is 191 cm³/mol. The fourth-order valence-electron chi connectivity index (χ4n) is 6.50. The van der Waals surface area contributed by atoms with E-state index in [0.29, 0.717) is 31.9 Å². The smallest absolute Gasteiger partial charge is 0.337 e. The molecule has 49 heavy (non-hydrogen) atoms. The molecular formula is C39H51N3O7. The molecule has 3 heterocycles. The number of ether oxygens (including phenoxy) is 3. The predicted octanol–water partition coefficient (Wildman–Crippen LogP) is 7.01. The first kappa shape index (κ1) is 36.3. The maximum atomic E-state index is 12.9. The van der Waals surface area contributed by atoms with Crippen LogP contribution in [0.2, 0.25) is 0 Å². The molecule has 3 N–H and O–H groups in total. The minimum Gasteiger partial charge on any atom is -0.507 e. The van der Waals surface area contributed by atoms with Crippen LogP contribution in [0.5, 0.6) is 5.75 Å². The highest BCUT2D eigenvalue weighted by atomic mass is 16.5. The van der Waals surface area contributed by atoms with Gasteiger partial charge in [-0.15, -0.1) is 0 Å². The van der Waals surface area contributed by atoms with E-state index in [2.05, 4.69) is 11.8 Å². The first-order chi connectivity index (χ1) is 23.1. The van der Waals surface area contributed by atoms with Gasteiger partial charge in [-0.25, -0.2) is 9.78 Å². The molecule has 2 aromatic heterocycles. The highest BCUT2D eigenvalue weighted by Gasteiger charge is 2.38. The number of phenols is 1. The molecule has 10 heteroatoms. The number of aliphatic hydroxyl groups is 1. The van der Waals surface area contributed by atoms with Crippen molar-refractivity contribution in [2.24, 2.45) is 0 Å². The fraction of sp³-hybridized carbons (Fsp3) is 0.487. The lowest BCUT2D eigenvalue weighted by Gasteiger charge is -2.42. The van der Waals surface area contributed by atoms with Crippen LogP contribution in [-0.4, -0.2) is 80.9 Å². The second kappa shape index (κ2) is 14.5. The van der Waals surface area contributed by atoms with Gasteiger partial charge in [0.25, 0.3) is 0 Å². The van der Waals surface area contributed by atoms with Crippen molar-refractivity contribution in [3.05, 3.63) is 70.9 Å². The number of hydrogen-bond donors (Lipinski definition) is 3. The number of pyridine rings is 1. The van der Waals surface area contributed by atoms with Crippen LogP contribution >= 0.6 is 0 Å². The van der Waals surface area contributed by atoms with Gasteiger partial charge in [-0.3, -0.25) is 4.40 Å². The summed E-state index contributed by atoms with van der Waals surface area (Å²) in [6.45, 7) is 17.6. The van der Waals surface area contributed by atoms with E-state index < -0.39 is 23.8 Å². The molecular weight excluding hydrogens is 622 g/mol. The third-order valence-corrected chi connectivity index (χ3v) is 9.22. The Bertz CT molecular complexity index is 1800. The Kier molecular flexibility index (Phi) is 10.7. The van der Waals surface area contributed by atoms with Crippen molar-refractivity contribution in [1.29, 1.82) is 0 Å². The molecule has 1 saturated heterocycles. The summed E-state index contributed by atoms with van der Waals surface area (Å²) in [4.78, 5) is 20.3. The van der Waals surface area contributed by atoms with E-state index >= 15 is 0 Å². The SMILES string of the molecule is Cc1ccc(-c2cccc(-c3cn4c(N5CCC(C)(OCCOC[C@@H](C)O)CC5)c([C@H](OC(C)(C)C)C(=O)O)c(C)c(C)c4n3)c2)c(O)c1. The lowest BCUT2D eigenvalue weighted by molar-refractivity contribution is -0.160. The van der Waals surface area contributed by atoms with Crippen molar-refractivity contribution in [2.75, 3.05) is 37.8 Å². The largest absolute Gasteiger partial charge is 0.507 e. The van der Waals surface area contributed by atoms with Crippen molar-refractivity contribution < 1.29 is 34.3 Å². The molecule has 1 aliphatic heterocycles. The van der Waals surface area contributed by atoms with E-state index in [1.165, 1.54) is 0 Å². The van der Waals surface area contributed by atoms with E-state index in [9.17, 15) is 20.1 Å². The minimum absolute atomic E-state index is 0.220. The fourth-order valence-corrected chi connectivity index (χ4v) is 6.50. The maximum Gasteiger partial charge on any atom is 0.337 e. The van der Waals surface area contributed by atoms with Gasteiger partial charge >= 0.3 is 5.97 Å². The Morgan fingerprint density at radius 3 is 2.35 bits per heavy atom. The van der Waals surface area contributed by atoms with Gasteiger partial charge in [-0.1, -0.05) is 30.3 Å². The number of carboxylic acid groups (broad SMARTS) is 1. The van der Waals surface area contributed by atoms with Crippen molar-refractivity contribution >= 4 is 17.4 Å². The summed E-state index contributed by atoms with van der Waals surface area (Å²) >= 11 is 0. The van der Waals surface area contributed by atoms with Crippen LogP contribution in [0, 0.1) is 20.8 Å². The number of rotatable bonds is 12. The number of aromatic hydroxyl groups is 1. The molecule has 0 aliphatic carbocycles. The molecule has 1 fully saturated rings. The Labute approximate surface area is 289 Å².